The molecule has 0 radical (unpaired) electrons. The Labute approximate surface area is 113 Å². The molecule has 2 aromatic rings. The summed E-state index contributed by atoms with van der Waals surface area (Å²) in [5.41, 5.74) is 0. The van der Waals surface area contributed by atoms with Crippen LogP contribution in [0.15, 0.2) is 35.2 Å². The highest BCUT2D eigenvalue weighted by Crippen LogP contribution is 2.26. The molecule has 0 saturated heterocycles. The first-order valence-electron chi connectivity index (χ1n) is 4.25. The van der Waals surface area contributed by atoms with Gasteiger partial charge in [-0.05, 0) is 50.7 Å². The molecule has 1 aromatic carbocycles. The van der Waals surface area contributed by atoms with Gasteiger partial charge in [-0.15, -0.1) is 0 Å². The van der Waals surface area contributed by atoms with Gasteiger partial charge in [0.2, 0.25) is 5.88 Å². The first-order valence-corrected chi connectivity index (χ1v) is 6.12. The molecule has 0 unspecified atom stereocenters. The van der Waals surface area contributed by atoms with Gasteiger partial charge in [0.15, 0.2) is 0 Å². The van der Waals surface area contributed by atoms with Crippen molar-refractivity contribution in [1.82, 2.24) is 9.97 Å². The second kappa shape index (κ2) is 5.05. The van der Waals surface area contributed by atoms with Crippen LogP contribution in [0.5, 0.6) is 11.6 Å². The molecule has 0 aliphatic rings. The number of nitrogens with zero attached hydrogens (tertiary/aromatic N) is 2. The van der Waals surface area contributed by atoms with E-state index >= 15 is 0 Å². The van der Waals surface area contributed by atoms with Gasteiger partial charge in [-0.1, -0.05) is 0 Å². The zero-order chi connectivity index (χ0) is 11.5. The Bertz CT molecular complexity index is 524. The molecule has 0 bridgehead atoms. The highest BCUT2D eigenvalue weighted by atomic mass is 127. The fraction of sp³-hybridized carbons (Fsp3) is 0. The Kier molecular flexibility index (Phi) is 3.70. The third-order valence-corrected chi connectivity index (χ3v) is 3.12. The zero-order valence-corrected chi connectivity index (χ0v) is 11.6. The largest absolute Gasteiger partial charge is 0.438 e. The van der Waals surface area contributed by atoms with Gasteiger partial charge >= 0.3 is 0 Å². The van der Waals surface area contributed by atoms with Gasteiger partial charge in [0.1, 0.15) is 17.9 Å². The number of benzene rings is 1. The maximum atomic E-state index is 13.2. The van der Waals surface area contributed by atoms with Gasteiger partial charge in [0.25, 0.3) is 0 Å². The fourth-order valence-electron chi connectivity index (χ4n) is 1.03. The van der Waals surface area contributed by atoms with E-state index in [1.807, 2.05) is 22.6 Å². The normalized spacial score (nSPS) is 10.2. The molecule has 3 nitrogen and oxygen atoms in total. The molecular weight excluding hydrogens is 390 g/mol. The van der Waals surface area contributed by atoms with E-state index in [1.165, 1.54) is 12.4 Å². The number of hydrogen-bond acceptors (Lipinski definition) is 3. The predicted octanol–water partition coefficient (Wildman–Crippen LogP) is 3.78. The van der Waals surface area contributed by atoms with Crippen molar-refractivity contribution in [3.63, 3.8) is 0 Å². The summed E-state index contributed by atoms with van der Waals surface area (Å²) in [4.78, 5) is 7.79. The standard InChI is InChI=1S/C10H5BrFIN2O/c11-7-2-1-6(3-8(7)12)16-10-9(13)4-14-5-15-10/h1-5H. The van der Waals surface area contributed by atoms with Crippen LogP contribution in [-0.2, 0) is 0 Å². The number of ether oxygens (including phenoxy) is 1. The van der Waals surface area contributed by atoms with Gasteiger partial charge in [0.05, 0.1) is 8.04 Å². The van der Waals surface area contributed by atoms with Crippen molar-refractivity contribution >= 4 is 38.5 Å². The van der Waals surface area contributed by atoms with Gasteiger partial charge in [0, 0.05) is 12.3 Å². The first kappa shape index (κ1) is 11.7. The summed E-state index contributed by atoms with van der Waals surface area (Å²) in [6.07, 6.45) is 3.00. The summed E-state index contributed by atoms with van der Waals surface area (Å²) in [6.45, 7) is 0. The van der Waals surface area contributed by atoms with E-state index in [9.17, 15) is 4.39 Å². The minimum Gasteiger partial charge on any atom is -0.438 e. The van der Waals surface area contributed by atoms with Gasteiger partial charge < -0.3 is 4.74 Å². The molecule has 16 heavy (non-hydrogen) atoms. The maximum absolute atomic E-state index is 13.2. The lowest BCUT2D eigenvalue weighted by Crippen LogP contribution is -1.92. The molecule has 0 aliphatic heterocycles. The highest BCUT2D eigenvalue weighted by molar-refractivity contribution is 14.1. The third-order valence-electron chi connectivity index (χ3n) is 1.74. The monoisotopic (exact) mass is 394 g/mol. The Morgan fingerprint density at radius 1 is 1.38 bits per heavy atom. The van der Waals surface area contributed by atoms with Crippen LogP contribution in [-0.4, -0.2) is 9.97 Å². The van der Waals surface area contributed by atoms with E-state index < -0.39 is 0 Å². The lowest BCUT2D eigenvalue weighted by atomic mass is 10.3. The number of hydrogen-bond donors (Lipinski definition) is 0. The summed E-state index contributed by atoms with van der Waals surface area (Å²) < 4.78 is 19.8. The molecule has 1 heterocycles. The number of rotatable bonds is 2. The van der Waals surface area contributed by atoms with Crippen molar-refractivity contribution in [3.8, 4) is 11.6 Å². The van der Waals surface area contributed by atoms with Crippen LogP contribution in [0, 0.1) is 9.39 Å². The Morgan fingerprint density at radius 2 is 2.19 bits per heavy atom. The zero-order valence-electron chi connectivity index (χ0n) is 7.82. The minimum absolute atomic E-state index is 0.374. The van der Waals surface area contributed by atoms with Crippen LogP contribution >= 0.6 is 38.5 Å². The predicted molar refractivity (Wildman–Crippen MR) is 68.9 cm³/mol. The number of aromatic nitrogens is 2. The molecular formula is C10H5BrFIN2O. The second-order valence-corrected chi connectivity index (χ2v) is 4.87. The topological polar surface area (TPSA) is 35.0 Å². The van der Waals surface area contributed by atoms with Crippen molar-refractivity contribution < 1.29 is 9.13 Å². The molecule has 0 fully saturated rings. The molecule has 0 spiro atoms. The van der Waals surface area contributed by atoms with Crippen LogP contribution < -0.4 is 4.74 Å². The van der Waals surface area contributed by atoms with E-state index in [0.717, 1.165) is 3.57 Å². The van der Waals surface area contributed by atoms with Crippen molar-refractivity contribution in [1.29, 1.82) is 0 Å². The van der Waals surface area contributed by atoms with E-state index in [-0.39, 0.29) is 5.82 Å². The molecule has 0 aliphatic carbocycles. The highest BCUT2D eigenvalue weighted by Gasteiger charge is 2.06. The molecule has 1 aromatic heterocycles. The summed E-state index contributed by atoms with van der Waals surface area (Å²) in [7, 11) is 0. The summed E-state index contributed by atoms with van der Waals surface area (Å²) >= 11 is 5.12. The van der Waals surface area contributed by atoms with Gasteiger partial charge in [-0.2, -0.15) is 0 Å². The van der Waals surface area contributed by atoms with E-state index in [1.54, 1.807) is 18.3 Å². The van der Waals surface area contributed by atoms with Crippen LogP contribution in [0.3, 0.4) is 0 Å². The average molecular weight is 395 g/mol. The van der Waals surface area contributed by atoms with Crippen LogP contribution in [0.4, 0.5) is 4.39 Å². The van der Waals surface area contributed by atoms with Crippen molar-refractivity contribution in [2.24, 2.45) is 0 Å². The Hall–Kier alpha value is -0.760. The third kappa shape index (κ3) is 2.67. The van der Waals surface area contributed by atoms with Gasteiger partial charge in [-0.25, -0.2) is 14.4 Å². The van der Waals surface area contributed by atoms with Crippen LogP contribution in [0.25, 0.3) is 0 Å². The lowest BCUT2D eigenvalue weighted by Gasteiger charge is -2.06. The Morgan fingerprint density at radius 3 is 2.88 bits per heavy atom. The molecule has 6 heteroatoms. The minimum atomic E-state index is -0.374. The van der Waals surface area contributed by atoms with Gasteiger partial charge in [-0.3, -0.25) is 0 Å². The van der Waals surface area contributed by atoms with E-state index in [4.69, 9.17) is 4.74 Å². The summed E-state index contributed by atoms with van der Waals surface area (Å²) in [5, 5.41) is 0. The lowest BCUT2D eigenvalue weighted by molar-refractivity contribution is 0.452. The molecule has 82 valence electrons. The smallest absolute Gasteiger partial charge is 0.235 e. The number of halogens is 3. The van der Waals surface area contributed by atoms with E-state index in [2.05, 4.69) is 25.9 Å². The van der Waals surface area contributed by atoms with Crippen LogP contribution in [0.1, 0.15) is 0 Å². The van der Waals surface area contributed by atoms with E-state index in [0.29, 0.717) is 16.1 Å². The van der Waals surface area contributed by atoms with Crippen LogP contribution in [0.2, 0.25) is 0 Å². The molecule has 0 saturated carbocycles. The molecule has 2 rings (SSSR count). The second-order valence-electron chi connectivity index (χ2n) is 2.85. The maximum Gasteiger partial charge on any atom is 0.235 e. The SMILES string of the molecule is Fc1cc(Oc2ncncc2I)ccc1Br. The van der Waals surface area contributed by atoms with Crippen molar-refractivity contribution in [2.75, 3.05) is 0 Å². The fourth-order valence-corrected chi connectivity index (χ4v) is 1.69. The molecule has 0 atom stereocenters. The Balaban J connectivity index is 2.28. The summed E-state index contributed by atoms with van der Waals surface area (Å²) in [6, 6.07) is 4.53. The molecule has 0 N–H and O–H groups in total. The quantitative estimate of drug-likeness (QED) is 0.727. The first-order chi connectivity index (χ1) is 7.66. The van der Waals surface area contributed by atoms with Crippen molar-refractivity contribution in [3.05, 3.63) is 44.6 Å². The van der Waals surface area contributed by atoms with Crippen molar-refractivity contribution in [2.45, 2.75) is 0 Å². The molecule has 0 amide bonds. The average Bonchev–Trinajstić information content (AvgIpc) is 2.27. The summed E-state index contributed by atoms with van der Waals surface area (Å²) in [5.74, 6) is 0.441.